The predicted octanol–water partition coefficient (Wildman–Crippen LogP) is -3.28. The van der Waals surface area contributed by atoms with E-state index in [1.165, 1.54) is 6.92 Å². The van der Waals surface area contributed by atoms with E-state index in [-0.39, 0.29) is 11.5 Å². The molecule has 0 saturated carbocycles. The Morgan fingerprint density at radius 3 is 1.92 bits per heavy atom. The second-order valence-electron chi connectivity index (χ2n) is 4.85. The van der Waals surface area contributed by atoms with Crippen molar-refractivity contribution in [3.05, 3.63) is 0 Å². The minimum atomic E-state index is -1.38. The zero-order valence-corrected chi connectivity index (χ0v) is 14.7. The van der Waals surface area contributed by atoms with Gasteiger partial charge in [0.25, 0.3) is 0 Å². The first-order valence-corrected chi connectivity index (χ1v) is 8.16. The molecule has 0 aromatic heterocycles. The first-order valence-electron chi connectivity index (χ1n) is 6.89. The minimum absolute atomic E-state index is 0.0855. The number of nitrogens with two attached hydrogens (primary N) is 1. The second kappa shape index (κ2) is 11.1. The summed E-state index contributed by atoms with van der Waals surface area (Å²) in [5.41, 5.74) is 5.45. The van der Waals surface area contributed by atoms with Gasteiger partial charge in [0.05, 0.1) is 12.6 Å². The Bertz CT molecular complexity index is 478. The lowest BCUT2D eigenvalue weighted by atomic mass is 10.2. The SMILES string of the molecule is CC(NC(=O)C(N)CS)C(=O)NC(CO)C(=O)NC(CS)C(=O)O. The largest absolute Gasteiger partial charge is 0.480 e. The van der Waals surface area contributed by atoms with Crippen LogP contribution in [0, 0.1) is 0 Å². The van der Waals surface area contributed by atoms with Crippen molar-refractivity contribution in [2.45, 2.75) is 31.1 Å². The average molecular weight is 382 g/mol. The number of nitrogens with one attached hydrogen (secondary N) is 3. The van der Waals surface area contributed by atoms with E-state index < -0.39 is 54.5 Å². The topological polar surface area (TPSA) is 171 Å². The second-order valence-corrected chi connectivity index (χ2v) is 5.58. The van der Waals surface area contributed by atoms with E-state index in [0.717, 1.165) is 0 Å². The molecule has 0 aromatic carbocycles. The van der Waals surface area contributed by atoms with Crippen molar-refractivity contribution < 1.29 is 29.4 Å². The van der Waals surface area contributed by atoms with Gasteiger partial charge >= 0.3 is 5.97 Å². The fraction of sp³-hybridized carbons (Fsp3) is 0.667. The van der Waals surface area contributed by atoms with Gasteiger partial charge in [-0.15, -0.1) is 0 Å². The van der Waals surface area contributed by atoms with Crippen LogP contribution in [0.4, 0.5) is 0 Å². The van der Waals surface area contributed by atoms with E-state index in [9.17, 15) is 24.3 Å². The van der Waals surface area contributed by atoms with Gasteiger partial charge in [-0.05, 0) is 6.92 Å². The van der Waals surface area contributed by atoms with Crippen molar-refractivity contribution in [2.75, 3.05) is 18.1 Å². The molecule has 0 saturated heterocycles. The van der Waals surface area contributed by atoms with Gasteiger partial charge in [-0.3, -0.25) is 14.4 Å². The average Bonchev–Trinajstić information content (AvgIpc) is 2.55. The monoisotopic (exact) mass is 382 g/mol. The van der Waals surface area contributed by atoms with E-state index >= 15 is 0 Å². The molecule has 0 aromatic rings. The van der Waals surface area contributed by atoms with Crippen LogP contribution in [0.1, 0.15) is 6.92 Å². The van der Waals surface area contributed by atoms with E-state index in [1.54, 1.807) is 0 Å². The maximum atomic E-state index is 11.9. The lowest BCUT2D eigenvalue weighted by molar-refractivity contribution is -0.141. The maximum Gasteiger partial charge on any atom is 0.327 e. The smallest absolute Gasteiger partial charge is 0.327 e. The highest BCUT2D eigenvalue weighted by Crippen LogP contribution is 1.94. The summed E-state index contributed by atoms with van der Waals surface area (Å²) in [5, 5.41) is 24.7. The Kier molecular flexibility index (Phi) is 10.4. The maximum absolute atomic E-state index is 11.9. The third-order valence-corrected chi connectivity index (χ3v) is 3.66. The van der Waals surface area contributed by atoms with Crippen LogP contribution in [0.3, 0.4) is 0 Å². The molecule has 138 valence electrons. The number of carboxylic acids is 1. The van der Waals surface area contributed by atoms with Gasteiger partial charge in [0.2, 0.25) is 17.7 Å². The molecule has 4 unspecified atom stereocenters. The highest BCUT2D eigenvalue weighted by Gasteiger charge is 2.27. The number of thiol groups is 2. The van der Waals surface area contributed by atoms with Crippen LogP contribution in [0.5, 0.6) is 0 Å². The van der Waals surface area contributed by atoms with Gasteiger partial charge in [0.1, 0.15) is 18.1 Å². The first kappa shape index (κ1) is 22.5. The van der Waals surface area contributed by atoms with Crippen molar-refractivity contribution in [1.82, 2.24) is 16.0 Å². The number of carbonyl (C=O) groups excluding carboxylic acids is 3. The van der Waals surface area contributed by atoms with Gasteiger partial charge in [-0.1, -0.05) is 0 Å². The summed E-state index contributed by atoms with van der Waals surface area (Å²) in [4.78, 5) is 46.2. The molecule has 0 aliphatic heterocycles. The van der Waals surface area contributed by atoms with Crippen LogP contribution < -0.4 is 21.7 Å². The van der Waals surface area contributed by atoms with Crippen LogP contribution in [-0.4, -0.2) is 76.2 Å². The van der Waals surface area contributed by atoms with E-state index in [4.69, 9.17) is 10.8 Å². The summed E-state index contributed by atoms with van der Waals surface area (Å²) in [6, 6.07) is -4.56. The van der Waals surface area contributed by atoms with Crippen molar-refractivity contribution in [3.63, 3.8) is 0 Å². The van der Waals surface area contributed by atoms with E-state index in [1.807, 2.05) is 0 Å². The molecule has 10 nitrogen and oxygen atoms in total. The number of carboxylic acid groups (broad SMARTS) is 1. The summed E-state index contributed by atoms with van der Waals surface area (Å²) >= 11 is 7.64. The van der Waals surface area contributed by atoms with Crippen molar-refractivity contribution in [1.29, 1.82) is 0 Å². The van der Waals surface area contributed by atoms with Crippen molar-refractivity contribution in [2.24, 2.45) is 5.73 Å². The lowest BCUT2D eigenvalue weighted by Crippen LogP contribution is -2.57. The molecule has 0 heterocycles. The number of hydrogen-bond donors (Lipinski definition) is 8. The zero-order chi connectivity index (χ0) is 18.9. The van der Waals surface area contributed by atoms with E-state index in [0.29, 0.717) is 0 Å². The van der Waals surface area contributed by atoms with Crippen LogP contribution in [0.15, 0.2) is 0 Å². The Morgan fingerprint density at radius 2 is 1.50 bits per heavy atom. The normalized spacial score (nSPS) is 15.5. The molecule has 3 amide bonds. The third-order valence-electron chi connectivity index (χ3n) is 2.90. The van der Waals surface area contributed by atoms with Gasteiger partial charge in [-0.2, -0.15) is 25.3 Å². The predicted molar refractivity (Wildman–Crippen MR) is 91.9 cm³/mol. The molecule has 24 heavy (non-hydrogen) atoms. The van der Waals surface area contributed by atoms with Crippen molar-refractivity contribution >= 4 is 48.9 Å². The number of carbonyl (C=O) groups is 4. The molecule has 4 atom stereocenters. The Morgan fingerprint density at radius 1 is 0.958 bits per heavy atom. The van der Waals surface area contributed by atoms with Gasteiger partial charge < -0.3 is 31.9 Å². The molecular weight excluding hydrogens is 360 g/mol. The molecule has 0 bridgehead atoms. The fourth-order valence-corrected chi connectivity index (χ4v) is 1.83. The molecule has 12 heteroatoms. The molecule has 0 radical (unpaired) electrons. The van der Waals surface area contributed by atoms with Crippen molar-refractivity contribution in [3.8, 4) is 0 Å². The molecule has 0 fully saturated rings. The Hall–Kier alpha value is -1.50. The molecule has 7 N–H and O–H groups in total. The summed E-state index contributed by atoms with van der Waals surface area (Å²) < 4.78 is 0. The molecule has 0 spiro atoms. The Balaban J connectivity index is 4.69. The Labute approximate surface area is 149 Å². The number of aliphatic hydroxyl groups is 1. The number of rotatable bonds is 10. The minimum Gasteiger partial charge on any atom is -0.480 e. The molecule has 0 rings (SSSR count). The number of amides is 3. The summed E-state index contributed by atoms with van der Waals surface area (Å²) in [6.45, 7) is 0.603. The summed E-state index contributed by atoms with van der Waals surface area (Å²) in [6.07, 6.45) is 0. The van der Waals surface area contributed by atoms with E-state index in [2.05, 4.69) is 41.2 Å². The quantitative estimate of drug-likeness (QED) is 0.183. The highest BCUT2D eigenvalue weighted by atomic mass is 32.1. The highest BCUT2D eigenvalue weighted by molar-refractivity contribution is 7.80. The standard InChI is InChI=1S/C12H22N4O6S2/c1-5(14-10(19)6(13)3-23)9(18)15-7(2-17)11(20)16-8(4-24)12(21)22/h5-8,17,23-24H,2-4,13H2,1H3,(H,14,19)(H,15,18)(H,16,20)(H,21,22). The lowest BCUT2D eigenvalue weighted by Gasteiger charge is -2.21. The van der Waals surface area contributed by atoms with Gasteiger partial charge in [0.15, 0.2) is 0 Å². The number of aliphatic carboxylic acids is 1. The van der Waals surface area contributed by atoms with Crippen LogP contribution in [-0.2, 0) is 19.2 Å². The van der Waals surface area contributed by atoms with Crippen LogP contribution in [0.25, 0.3) is 0 Å². The molecule has 0 aliphatic rings. The van der Waals surface area contributed by atoms with Gasteiger partial charge in [-0.25, -0.2) is 4.79 Å². The molecule has 0 aliphatic carbocycles. The zero-order valence-electron chi connectivity index (χ0n) is 12.9. The molecular formula is C12H22N4O6S2. The first-order chi connectivity index (χ1) is 11.2. The summed E-state index contributed by atoms with van der Waals surface area (Å²) in [5.74, 6) is -3.62. The third kappa shape index (κ3) is 7.38. The number of aliphatic hydroxyl groups excluding tert-OH is 1. The van der Waals surface area contributed by atoms with Gasteiger partial charge in [0, 0.05) is 11.5 Å². The number of hydrogen-bond acceptors (Lipinski definition) is 8. The summed E-state index contributed by atoms with van der Waals surface area (Å²) in [7, 11) is 0. The van der Waals surface area contributed by atoms with Crippen LogP contribution >= 0.6 is 25.3 Å². The van der Waals surface area contributed by atoms with Crippen LogP contribution in [0.2, 0.25) is 0 Å². The fourth-order valence-electron chi connectivity index (χ4n) is 1.42.